The van der Waals surface area contributed by atoms with Crippen molar-refractivity contribution in [3.8, 4) is 0 Å². The minimum atomic E-state index is -0.982. The number of hydrogen-bond acceptors (Lipinski definition) is 3. The number of nitrogens with zero attached hydrogens (tertiary/aromatic N) is 1. The summed E-state index contributed by atoms with van der Waals surface area (Å²) in [6, 6.07) is 6.71. The third-order valence-corrected chi connectivity index (χ3v) is 2.46. The highest BCUT2D eigenvalue weighted by molar-refractivity contribution is 5.96. The molecule has 0 bridgehead atoms. The number of benzene rings is 1. The van der Waals surface area contributed by atoms with Gasteiger partial charge in [-0.3, -0.25) is 4.79 Å². The predicted molar refractivity (Wildman–Crippen MR) is 65.1 cm³/mol. The zero-order chi connectivity index (χ0) is 12.8. The molecular formula is C12H16N2O3. The van der Waals surface area contributed by atoms with Gasteiger partial charge in [0, 0.05) is 31.3 Å². The molecule has 0 unspecified atom stereocenters. The van der Waals surface area contributed by atoms with Crippen molar-refractivity contribution < 1.29 is 14.7 Å². The first-order valence-electron chi connectivity index (χ1n) is 5.33. The van der Waals surface area contributed by atoms with E-state index in [0.717, 1.165) is 4.90 Å². The van der Waals surface area contributed by atoms with Crippen LogP contribution in [-0.2, 0) is 0 Å². The molecule has 1 amide bonds. The van der Waals surface area contributed by atoms with Gasteiger partial charge < -0.3 is 15.7 Å². The second-order valence-electron chi connectivity index (χ2n) is 3.85. The monoisotopic (exact) mass is 236 g/mol. The fraction of sp³-hybridized carbons (Fsp3) is 0.333. The van der Waals surface area contributed by atoms with Crippen LogP contribution in [0.3, 0.4) is 0 Å². The van der Waals surface area contributed by atoms with Gasteiger partial charge >= 0.3 is 6.09 Å². The van der Waals surface area contributed by atoms with E-state index in [1.54, 1.807) is 24.3 Å². The van der Waals surface area contributed by atoms with Crippen molar-refractivity contribution in [2.45, 2.75) is 12.8 Å². The van der Waals surface area contributed by atoms with E-state index in [0.29, 0.717) is 30.6 Å². The van der Waals surface area contributed by atoms with E-state index in [1.165, 1.54) is 7.05 Å². The molecule has 0 spiro atoms. The van der Waals surface area contributed by atoms with Gasteiger partial charge in [-0.1, -0.05) is 0 Å². The normalized spacial score (nSPS) is 9.94. The van der Waals surface area contributed by atoms with Crippen LogP contribution >= 0.6 is 0 Å². The van der Waals surface area contributed by atoms with Gasteiger partial charge in [0.1, 0.15) is 0 Å². The average molecular weight is 236 g/mol. The molecule has 17 heavy (non-hydrogen) atoms. The number of hydrogen-bond donors (Lipinski definition) is 2. The average Bonchev–Trinajstić information content (AvgIpc) is 2.29. The minimum Gasteiger partial charge on any atom is -0.465 e. The molecule has 0 aliphatic rings. The van der Waals surface area contributed by atoms with Crippen LogP contribution in [0, 0.1) is 0 Å². The van der Waals surface area contributed by atoms with Crippen LogP contribution in [0.1, 0.15) is 23.2 Å². The quantitative estimate of drug-likeness (QED) is 0.603. The number of Topliss-reactive ketones (excluding diaryl/α,β-unsaturated/α-hetero) is 1. The first-order valence-corrected chi connectivity index (χ1v) is 5.33. The molecule has 0 aliphatic carbocycles. The molecule has 1 rings (SSSR count). The third kappa shape index (κ3) is 4.14. The Hall–Kier alpha value is -2.04. The van der Waals surface area contributed by atoms with Crippen molar-refractivity contribution >= 4 is 17.6 Å². The summed E-state index contributed by atoms with van der Waals surface area (Å²) in [4.78, 5) is 23.4. The van der Waals surface area contributed by atoms with Gasteiger partial charge in [0.2, 0.25) is 0 Å². The van der Waals surface area contributed by atoms with Crippen LogP contribution < -0.4 is 5.73 Å². The van der Waals surface area contributed by atoms with Crippen LogP contribution in [0.4, 0.5) is 10.5 Å². The van der Waals surface area contributed by atoms with Gasteiger partial charge in [-0.2, -0.15) is 0 Å². The number of carboxylic acid groups (broad SMARTS) is 1. The van der Waals surface area contributed by atoms with Crippen molar-refractivity contribution in [1.82, 2.24) is 4.90 Å². The van der Waals surface area contributed by atoms with E-state index < -0.39 is 6.09 Å². The molecule has 3 N–H and O–H groups in total. The molecule has 5 heteroatoms. The molecule has 92 valence electrons. The smallest absolute Gasteiger partial charge is 0.407 e. The van der Waals surface area contributed by atoms with Gasteiger partial charge in [0.15, 0.2) is 5.78 Å². The maximum absolute atomic E-state index is 11.7. The van der Waals surface area contributed by atoms with Crippen molar-refractivity contribution in [3.63, 3.8) is 0 Å². The molecule has 0 saturated carbocycles. The lowest BCUT2D eigenvalue weighted by Gasteiger charge is -2.11. The molecule has 0 fully saturated rings. The van der Waals surface area contributed by atoms with Crippen molar-refractivity contribution in [2.75, 3.05) is 19.3 Å². The van der Waals surface area contributed by atoms with Crippen LogP contribution in [0.15, 0.2) is 24.3 Å². The van der Waals surface area contributed by atoms with Gasteiger partial charge in [-0.25, -0.2) is 4.79 Å². The van der Waals surface area contributed by atoms with Crippen molar-refractivity contribution in [2.24, 2.45) is 0 Å². The first kappa shape index (κ1) is 13.0. The molecular weight excluding hydrogens is 220 g/mol. The molecule has 1 aromatic carbocycles. The number of carbonyl (C=O) groups excluding carboxylic acids is 1. The molecule has 0 heterocycles. The van der Waals surface area contributed by atoms with Crippen LogP contribution in [-0.4, -0.2) is 35.5 Å². The van der Waals surface area contributed by atoms with E-state index in [1.807, 2.05) is 0 Å². The third-order valence-electron chi connectivity index (χ3n) is 2.46. The van der Waals surface area contributed by atoms with E-state index in [9.17, 15) is 9.59 Å². The fourth-order valence-corrected chi connectivity index (χ4v) is 1.39. The summed E-state index contributed by atoms with van der Waals surface area (Å²) in [5.41, 5.74) is 6.74. The Balaban J connectivity index is 2.40. The Labute approximate surface area is 99.8 Å². The number of amides is 1. The summed E-state index contributed by atoms with van der Waals surface area (Å²) in [6.45, 7) is 0.357. The second kappa shape index (κ2) is 5.89. The summed E-state index contributed by atoms with van der Waals surface area (Å²) in [7, 11) is 1.48. The number of rotatable bonds is 5. The lowest BCUT2D eigenvalue weighted by atomic mass is 10.1. The number of anilines is 1. The van der Waals surface area contributed by atoms with Gasteiger partial charge in [-0.15, -0.1) is 0 Å². The highest BCUT2D eigenvalue weighted by atomic mass is 16.4. The Kier molecular flexibility index (Phi) is 4.51. The molecule has 1 aromatic rings. The second-order valence-corrected chi connectivity index (χ2v) is 3.85. The summed E-state index contributed by atoms with van der Waals surface area (Å²) >= 11 is 0. The largest absolute Gasteiger partial charge is 0.465 e. The highest BCUT2D eigenvalue weighted by Crippen LogP contribution is 2.09. The lowest BCUT2D eigenvalue weighted by Crippen LogP contribution is -2.26. The molecule has 0 aliphatic heterocycles. The van der Waals surface area contributed by atoms with Gasteiger partial charge in [-0.05, 0) is 30.7 Å². The summed E-state index contributed by atoms with van der Waals surface area (Å²) < 4.78 is 0. The molecule has 5 nitrogen and oxygen atoms in total. The molecule has 0 radical (unpaired) electrons. The van der Waals surface area contributed by atoms with E-state index in [4.69, 9.17) is 10.8 Å². The topological polar surface area (TPSA) is 83.6 Å². The Bertz CT molecular complexity index is 401. The van der Waals surface area contributed by atoms with Crippen molar-refractivity contribution in [1.29, 1.82) is 0 Å². The summed E-state index contributed by atoms with van der Waals surface area (Å²) in [5, 5.41) is 8.62. The highest BCUT2D eigenvalue weighted by Gasteiger charge is 2.08. The number of nitrogen functional groups attached to an aromatic ring is 1. The molecule has 0 saturated heterocycles. The first-order chi connectivity index (χ1) is 8.00. The van der Waals surface area contributed by atoms with E-state index in [2.05, 4.69) is 0 Å². The zero-order valence-electron chi connectivity index (χ0n) is 9.72. The lowest BCUT2D eigenvalue weighted by molar-refractivity contribution is 0.0973. The number of carbonyl (C=O) groups is 2. The van der Waals surface area contributed by atoms with Crippen LogP contribution in [0.5, 0.6) is 0 Å². The van der Waals surface area contributed by atoms with Gasteiger partial charge in [0.05, 0.1) is 0 Å². The standard InChI is InChI=1S/C12H16N2O3/c1-14(12(16)17)8-2-3-11(15)9-4-6-10(13)7-5-9/h4-7H,2-3,8,13H2,1H3,(H,16,17). The SMILES string of the molecule is CN(CCCC(=O)c1ccc(N)cc1)C(=O)O. The minimum absolute atomic E-state index is 0.00351. The summed E-state index contributed by atoms with van der Waals surface area (Å²) in [6.07, 6.45) is -0.127. The van der Waals surface area contributed by atoms with E-state index >= 15 is 0 Å². The maximum Gasteiger partial charge on any atom is 0.407 e. The molecule has 0 aromatic heterocycles. The Morgan fingerprint density at radius 3 is 2.41 bits per heavy atom. The zero-order valence-corrected chi connectivity index (χ0v) is 9.72. The van der Waals surface area contributed by atoms with Crippen molar-refractivity contribution in [3.05, 3.63) is 29.8 Å². The Morgan fingerprint density at radius 2 is 1.88 bits per heavy atom. The predicted octanol–water partition coefficient (Wildman–Crippen LogP) is 1.84. The number of ketones is 1. The van der Waals surface area contributed by atoms with Crippen LogP contribution in [0.25, 0.3) is 0 Å². The maximum atomic E-state index is 11.7. The van der Waals surface area contributed by atoms with Crippen LogP contribution in [0.2, 0.25) is 0 Å². The Morgan fingerprint density at radius 1 is 1.29 bits per heavy atom. The summed E-state index contributed by atoms with van der Waals surface area (Å²) in [5.74, 6) is 0.00351. The number of nitrogens with two attached hydrogens (primary N) is 1. The van der Waals surface area contributed by atoms with Gasteiger partial charge in [0.25, 0.3) is 0 Å². The fourth-order valence-electron chi connectivity index (χ4n) is 1.39. The van der Waals surface area contributed by atoms with E-state index in [-0.39, 0.29) is 5.78 Å². The molecule has 0 atom stereocenters.